The van der Waals surface area contributed by atoms with Crippen LogP contribution in [0.15, 0.2) is 48.5 Å². The molecule has 0 unspecified atom stereocenters. The number of hydrogen-bond donors (Lipinski definition) is 2. The zero-order valence-electron chi connectivity index (χ0n) is 14.5. The molecule has 2 aromatic rings. The highest BCUT2D eigenvalue weighted by atomic mass is 16.5. The van der Waals surface area contributed by atoms with Crippen molar-refractivity contribution < 1.29 is 19.1 Å². The fraction of sp³-hybridized carbons (Fsp3) is 0.263. The average molecular weight is 342 g/mol. The van der Waals surface area contributed by atoms with Gasteiger partial charge in [-0.3, -0.25) is 9.59 Å². The molecule has 6 heteroatoms. The van der Waals surface area contributed by atoms with Gasteiger partial charge in [-0.25, -0.2) is 0 Å². The molecular formula is C19H22N2O4. The quantitative estimate of drug-likeness (QED) is 0.809. The minimum absolute atomic E-state index is 0.200. The summed E-state index contributed by atoms with van der Waals surface area (Å²) in [6.07, 6.45) is 0. The van der Waals surface area contributed by atoms with Crippen LogP contribution in [0, 0.1) is 0 Å². The van der Waals surface area contributed by atoms with E-state index in [1.807, 2.05) is 6.92 Å². The van der Waals surface area contributed by atoms with Gasteiger partial charge in [-0.05, 0) is 55.5 Å². The van der Waals surface area contributed by atoms with E-state index in [1.54, 1.807) is 62.8 Å². The van der Waals surface area contributed by atoms with Crippen LogP contribution in [0.3, 0.4) is 0 Å². The van der Waals surface area contributed by atoms with Crippen LogP contribution in [-0.2, 0) is 0 Å². The summed E-state index contributed by atoms with van der Waals surface area (Å²) in [5, 5.41) is 5.64. The van der Waals surface area contributed by atoms with Crippen LogP contribution in [0.5, 0.6) is 11.5 Å². The van der Waals surface area contributed by atoms with E-state index in [1.165, 1.54) is 0 Å². The molecule has 2 amide bonds. The average Bonchev–Trinajstić information content (AvgIpc) is 2.66. The fourth-order valence-corrected chi connectivity index (χ4v) is 2.19. The van der Waals surface area contributed by atoms with E-state index >= 15 is 0 Å². The lowest BCUT2D eigenvalue weighted by Gasteiger charge is -2.15. The Hall–Kier alpha value is -3.02. The number of rotatable bonds is 7. The summed E-state index contributed by atoms with van der Waals surface area (Å²) in [4.78, 5) is 24.3. The molecule has 2 rings (SSSR count). The standard InChI is InChI=1S/C19H22N2O4/c1-13(21-19(23)15-6-10-17(25-3)11-7-15)12-20-18(22)14-4-8-16(24-2)9-5-14/h4-11,13H,12H2,1-3H3,(H,20,22)(H,21,23)/t13-/m1/s1. The maximum Gasteiger partial charge on any atom is 0.251 e. The number of benzene rings is 2. The normalized spacial score (nSPS) is 11.3. The monoisotopic (exact) mass is 342 g/mol. The molecule has 0 radical (unpaired) electrons. The van der Waals surface area contributed by atoms with Gasteiger partial charge in [0.1, 0.15) is 11.5 Å². The van der Waals surface area contributed by atoms with E-state index in [9.17, 15) is 9.59 Å². The molecular weight excluding hydrogens is 320 g/mol. The molecule has 0 aromatic heterocycles. The van der Waals surface area contributed by atoms with E-state index in [0.717, 1.165) is 0 Å². The maximum absolute atomic E-state index is 12.2. The maximum atomic E-state index is 12.2. The lowest BCUT2D eigenvalue weighted by molar-refractivity contribution is 0.0912. The number of amides is 2. The van der Waals surface area contributed by atoms with Gasteiger partial charge < -0.3 is 20.1 Å². The molecule has 0 aliphatic heterocycles. The Kier molecular flexibility index (Phi) is 6.39. The van der Waals surface area contributed by atoms with Gasteiger partial charge in [-0.15, -0.1) is 0 Å². The molecule has 1 atom stereocenters. The Morgan fingerprint density at radius 3 is 1.72 bits per heavy atom. The SMILES string of the molecule is COc1ccc(C(=O)NC[C@@H](C)NC(=O)c2ccc(OC)cc2)cc1. The zero-order valence-corrected chi connectivity index (χ0v) is 14.5. The van der Waals surface area contributed by atoms with Crippen molar-refractivity contribution in [1.82, 2.24) is 10.6 Å². The highest BCUT2D eigenvalue weighted by Crippen LogP contribution is 2.12. The molecule has 0 bridgehead atoms. The summed E-state index contributed by atoms with van der Waals surface area (Å²) in [5.74, 6) is 0.982. The van der Waals surface area contributed by atoms with Crippen molar-refractivity contribution in [2.45, 2.75) is 13.0 Å². The van der Waals surface area contributed by atoms with Gasteiger partial charge in [-0.2, -0.15) is 0 Å². The van der Waals surface area contributed by atoms with Crippen molar-refractivity contribution in [3.63, 3.8) is 0 Å². The van der Waals surface area contributed by atoms with E-state index in [2.05, 4.69) is 10.6 Å². The van der Waals surface area contributed by atoms with Crippen molar-refractivity contribution in [3.8, 4) is 11.5 Å². The van der Waals surface area contributed by atoms with Crippen molar-refractivity contribution in [1.29, 1.82) is 0 Å². The molecule has 0 spiro atoms. The number of hydrogen-bond acceptors (Lipinski definition) is 4. The number of ether oxygens (including phenoxy) is 2. The summed E-state index contributed by atoms with van der Waals surface area (Å²) in [6.45, 7) is 2.16. The summed E-state index contributed by atoms with van der Waals surface area (Å²) in [5.41, 5.74) is 1.07. The predicted octanol–water partition coefficient (Wildman–Crippen LogP) is 2.25. The van der Waals surface area contributed by atoms with E-state index in [0.29, 0.717) is 29.2 Å². The van der Waals surface area contributed by atoms with Gasteiger partial charge in [0.15, 0.2) is 0 Å². The predicted molar refractivity (Wildman–Crippen MR) is 95.2 cm³/mol. The second-order valence-electron chi connectivity index (χ2n) is 5.54. The first kappa shape index (κ1) is 18.3. The molecule has 0 heterocycles. The lowest BCUT2D eigenvalue weighted by Crippen LogP contribution is -2.41. The third-order valence-corrected chi connectivity index (χ3v) is 3.65. The molecule has 0 aliphatic carbocycles. The first-order valence-corrected chi connectivity index (χ1v) is 7.90. The number of methoxy groups -OCH3 is 2. The van der Waals surface area contributed by atoms with Crippen molar-refractivity contribution >= 4 is 11.8 Å². The van der Waals surface area contributed by atoms with Gasteiger partial charge in [0, 0.05) is 23.7 Å². The minimum atomic E-state index is -0.211. The topological polar surface area (TPSA) is 76.7 Å². The minimum Gasteiger partial charge on any atom is -0.497 e. The number of nitrogens with one attached hydrogen (secondary N) is 2. The summed E-state index contributed by atoms with van der Waals surface area (Å²) in [7, 11) is 3.14. The fourth-order valence-electron chi connectivity index (χ4n) is 2.19. The van der Waals surface area contributed by atoms with Crippen LogP contribution in [0.4, 0.5) is 0 Å². The van der Waals surface area contributed by atoms with Crippen LogP contribution in [0.2, 0.25) is 0 Å². The highest BCUT2D eigenvalue weighted by molar-refractivity contribution is 5.95. The van der Waals surface area contributed by atoms with Gasteiger partial charge in [0.25, 0.3) is 11.8 Å². The molecule has 0 saturated carbocycles. The summed E-state index contributed by atoms with van der Waals surface area (Å²) in [6, 6.07) is 13.5. The Morgan fingerprint density at radius 1 is 0.840 bits per heavy atom. The molecule has 2 N–H and O–H groups in total. The van der Waals surface area contributed by atoms with Gasteiger partial charge >= 0.3 is 0 Å². The van der Waals surface area contributed by atoms with E-state index in [4.69, 9.17) is 9.47 Å². The van der Waals surface area contributed by atoms with Gasteiger partial charge in [0.2, 0.25) is 0 Å². The van der Waals surface area contributed by atoms with Crippen molar-refractivity contribution in [3.05, 3.63) is 59.7 Å². The van der Waals surface area contributed by atoms with Crippen LogP contribution in [-0.4, -0.2) is 38.6 Å². The van der Waals surface area contributed by atoms with Crippen LogP contribution in [0.25, 0.3) is 0 Å². The molecule has 6 nitrogen and oxygen atoms in total. The summed E-state index contributed by atoms with van der Waals surface area (Å²) >= 11 is 0. The second kappa shape index (κ2) is 8.73. The van der Waals surface area contributed by atoms with Crippen LogP contribution >= 0.6 is 0 Å². The van der Waals surface area contributed by atoms with Gasteiger partial charge in [0.05, 0.1) is 14.2 Å². The molecule has 0 saturated heterocycles. The van der Waals surface area contributed by atoms with Crippen LogP contribution < -0.4 is 20.1 Å². The molecule has 25 heavy (non-hydrogen) atoms. The zero-order chi connectivity index (χ0) is 18.2. The molecule has 0 fully saturated rings. The largest absolute Gasteiger partial charge is 0.497 e. The molecule has 2 aromatic carbocycles. The third-order valence-electron chi connectivity index (χ3n) is 3.65. The van der Waals surface area contributed by atoms with Crippen LogP contribution in [0.1, 0.15) is 27.6 Å². The molecule has 0 aliphatic rings. The highest BCUT2D eigenvalue weighted by Gasteiger charge is 2.12. The molecule has 132 valence electrons. The number of carbonyl (C=O) groups is 2. The lowest BCUT2D eigenvalue weighted by atomic mass is 10.2. The first-order valence-electron chi connectivity index (χ1n) is 7.90. The number of carbonyl (C=O) groups excluding carboxylic acids is 2. The second-order valence-corrected chi connectivity index (χ2v) is 5.54. The Balaban J connectivity index is 1.83. The smallest absolute Gasteiger partial charge is 0.251 e. The van der Waals surface area contributed by atoms with Crippen molar-refractivity contribution in [2.24, 2.45) is 0 Å². The summed E-state index contributed by atoms with van der Waals surface area (Å²) < 4.78 is 10.1. The van der Waals surface area contributed by atoms with Crippen molar-refractivity contribution in [2.75, 3.05) is 20.8 Å². The van der Waals surface area contributed by atoms with E-state index in [-0.39, 0.29) is 17.9 Å². The Morgan fingerprint density at radius 2 is 1.28 bits per heavy atom. The van der Waals surface area contributed by atoms with Gasteiger partial charge in [-0.1, -0.05) is 0 Å². The Bertz CT molecular complexity index is 711. The third kappa shape index (κ3) is 5.24. The Labute approximate surface area is 147 Å². The first-order chi connectivity index (χ1) is 12.0. The van der Waals surface area contributed by atoms with E-state index < -0.39 is 0 Å².